The Morgan fingerprint density at radius 1 is 1.53 bits per heavy atom. The molecule has 0 aliphatic heterocycles. The maximum Gasteiger partial charge on any atom is 0.0951 e. The molecular weight excluding hydrogens is 212 g/mol. The summed E-state index contributed by atoms with van der Waals surface area (Å²) < 4.78 is 1.93. The van der Waals surface area contributed by atoms with Gasteiger partial charge in [-0.15, -0.1) is 0 Å². The van der Waals surface area contributed by atoms with Crippen LogP contribution in [0.4, 0.5) is 0 Å². The number of hydrogen-bond acceptors (Lipinski definition) is 3. The first-order valence-electron chi connectivity index (χ1n) is 5.69. The van der Waals surface area contributed by atoms with Crippen molar-refractivity contribution in [3.8, 4) is 11.3 Å². The fraction of sp³-hybridized carbons (Fsp3) is 0.308. The van der Waals surface area contributed by atoms with Crippen molar-refractivity contribution in [1.82, 2.24) is 14.9 Å². The maximum absolute atomic E-state index is 5.43. The number of rotatable bonds is 5. The van der Waals surface area contributed by atoms with Gasteiger partial charge >= 0.3 is 0 Å². The first-order valence-corrected chi connectivity index (χ1v) is 5.69. The van der Waals surface area contributed by atoms with Crippen LogP contribution in [0.15, 0.2) is 30.7 Å². The Bertz CT molecular complexity index is 476. The van der Waals surface area contributed by atoms with Gasteiger partial charge in [-0.25, -0.2) is 4.98 Å². The molecule has 0 atom stereocenters. The minimum atomic E-state index is 0.659. The monoisotopic (exact) mass is 229 g/mol. The van der Waals surface area contributed by atoms with Crippen molar-refractivity contribution in [2.75, 3.05) is 13.1 Å². The van der Waals surface area contributed by atoms with Gasteiger partial charge in [-0.3, -0.25) is 0 Å². The standard InChI is InChI=1S/C13H17N4/c1-17-9-13(16-10-17)12-4-2-3-11(7-12)8-15-6-5-14/h2-3,7,9-10,15H,5-6,8,14H2,1H3. The third kappa shape index (κ3) is 3.15. The van der Waals surface area contributed by atoms with E-state index in [1.54, 1.807) is 6.33 Å². The molecule has 0 aliphatic rings. The average Bonchev–Trinajstić information content (AvgIpc) is 2.77. The number of nitrogens with zero attached hydrogens (tertiary/aromatic N) is 2. The van der Waals surface area contributed by atoms with Crippen LogP contribution in [0, 0.1) is 6.07 Å². The van der Waals surface area contributed by atoms with Crippen LogP contribution < -0.4 is 11.1 Å². The van der Waals surface area contributed by atoms with E-state index in [9.17, 15) is 0 Å². The zero-order valence-electron chi connectivity index (χ0n) is 9.98. The first kappa shape index (κ1) is 11.8. The molecule has 1 aromatic heterocycles. The highest BCUT2D eigenvalue weighted by molar-refractivity contribution is 5.58. The highest BCUT2D eigenvalue weighted by atomic mass is 15.0. The van der Waals surface area contributed by atoms with Crippen molar-refractivity contribution in [3.05, 3.63) is 42.4 Å². The minimum absolute atomic E-state index is 0.659. The van der Waals surface area contributed by atoms with Crippen LogP contribution in [0.1, 0.15) is 5.56 Å². The molecule has 0 unspecified atom stereocenters. The molecule has 89 valence electrons. The summed E-state index contributed by atoms with van der Waals surface area (Å²) in [6.07, 6.45) is 3.78. The predicted molar refractivity (Wildman–Crippen MR) is 68.2 cm³/mol. The van der Waals surface area contributed by atoms with Gasteiger partial charge in [-0.1, -0.05) is 12.1 Å². The third-order valence-corrected chi connectivity index (χ3v) is 2.50. The topological polar surface area (TPSA) is 55.9 Å². The fourth-order valence-electron chi connectivity index (χ4n) is 1.66. The molecule has 0 aliphatic carbocycles. The van der Waals surface area contributed by atoms with Crippen LogP contribution in [-0.4, -0.2) is 22.6 Å². The van der Waals surface area contributed by atoms with E-state index in [-0.39, 0.29) is 0 Å². The zero-order chi connectivity index (χ0) is 12.1. The number of hydrogen-bond donors (Lipinski definition) is 2. The SMILES string of the molecule is Cn1cnc(-c2[c]ccc(CNCCN)c2)c1. The zero-order valence-corrected chi connectivity index (χ0v) is 9.98. The van der Waals surface area contributed by atoms with Crippen LogP contribution >= 0.6 is 0 Å². The predicted octanol–water partition coefficient (Wildman–Crippen LogP) is 0.936. The molecule has 1 radical (unpaired) electrons. The Morgan fingerprint density at radius 3 is 3.12 bits per heavy atom. The quantitative estimate of drug-likeness (QED) is 0.750. The van der Waals surface area contributed by atoms with Crippen molar-refractivity contribution in [2.24, 2.45) is 12.8 Å². The van der Waals surface area contributed by atoms with Crippen LogP contribution in [0.3, 0.4) is 0 Å². The number of nitrogens with one attached hydrogen (secondary N) is 1. The van der Waals surface area contributed by atoms with E-state index in [0.29, 0.717) is 6.54 Å². The second-order valence-corrected chi connectivity index (χ2v) is 4.00. The maximum atomic E-state index is 5.43. The lowest BCUT2D eigenvalue weighted by Crippen LogP contribution is -2.21. The molecule has 0 fully saturated rings. The smallest absolute Gasteiger partial charge is 0.0951 e. The lowest BCUT2D eigenvalue weighted by atomic mass is 10.1. The van der Waals surface area contributed by atoms with Crippen LogP contribution in [0.2, 0.25) is 0 Å². The van der Waals surface area contributed by atoms with E-state index in [0.717, 1.165) is 24.3 Å². The molecule has 4 heteroatoms. The Kier molecular flexibility index (Phi) is 3.90. The number of aromatic nitrogens is 2. The van der Waals surface area contributed by atoms with Gasteiger partial charge in [-0.05, 0) is 17.7 Å². The van der Waals surface area contributed by atoms with E-state index in [4.69, 9.17) is 5.73 Å². The van der Waals surface area contributed by atoms with Gasteiger partial charge in [0.2, 0.25) is 0 Å². The molecular formula is C13H17N4. The average molecular weight is 229 g/mol. The summed E-state index contributed by atoms with van der Waals surface area (Å²) in [4.78, 5) is 4.31. The van der Waals surface area contributed by atoms with Gasteiger partial charge in [0.15, 0.2) is 0 Å². The molecule has 3 N–H and O–H groups in total. The summed E-state index contributed by atoms with van der Waals surface area (Å²) in [6, 6.07) is 9.29. The lowest BCUT2D eigenvalue weighted by molar-refractivity contribution is 0.695. The Hall–Kier alpha value is -1.65. The summed E-state index contributed by atoms with van der Waals surface area (Å²) in [7, 11) is 1.96. The number of aryl methyl sites for hydroxylation is 1. The number of benzene rings is 1. The van der Waals surface area contributed by atoms with Gasteiger partial charge in [0.05, 0.1) is 12.0 Å². The molecule has 0 saturated heterocycles. The molecule has 2 aromatic rings. The third-order valence-electron chi connectivity index (χ3n) is 2.50. The number of imidazole rings is 1. The van der Waals surface area contributed by atoms with Gasteiger partial charge in [0.25, 0.3) is 0 Å². The Labute approximate surface area is 101 Å². The van der Waals surface area contributed by atoms with E-state index < -0.39 is 0 Å². The van der Waals surface area contributed by atoms with Crippen molar-refractivity contribution >= 4 is 0 Å². The molecule has 2 rings (SSSR count). The Balaban J connectivity index is 2.11. The summed E-state index contributed by atoms with van der Waals surface area (Å²) in [5.41, 5.74) is 8.63. The van der Waals surface area contributed by atoms with Crippen LogP contribution in [0.25, 0.3) is 11.3 Å². The fourth-order valence-corrected chi connectivity index (χ4v) is 1.66. The summed E-state index contributed by atoms with van der Waals surface area (Å²) in [5, 5.41) is 3.27. The highest BCUT2D eigenvalue weighted by Crippen LogP contribution is 2.17. The van der Waals surface area contributed by atoms with Crippen molar-refractivity contribution in [2.45, 2.75) is 6.54 Å². The molecule has 1 aromatic carbocycles. The van der Waals surface area contributed by atoms with Crippen molar-refractivity contribution in [1.29, 1.82) is 0 Å². The highest BCUT2D eigenvalue weighted by Gasteiger charge is 2.02. The molecule has 0 spiro atoms. The summed E-state index contributed by atoms with van der Waals surface area (Å²) in [6.45, 7) is 2.31. The first-order chi connectivity index (χ1) is 8.29. The minimum Gasteiger partial charge on any atom is -0.340 e. The Morgan fingerprint density at radius 2 is 2.41 bits per heavy atom. The lowest BCUT2D eigenvalue weighted by Gasteiger charge is -2.04. The van der Waals surface area contributed by atoms with Crippen molar-refractivity contribution < 1.29 is 0 Å². The van der Waals surface area contributed by atoms with Crippen LogP contribution in [-0.2, 0) is 13.6 Å². The van der Waals surface area contributed by atoms with E-state index in [2.05, 4.69) is 28.5 Å². The molecule has 1 heterocycles. The second-order valence-electron chi connectivity index (χ2n) is 4.00. The molecule has 4 nitrogen and oxygen atoms in total. The van der Waals surface area contributed by atoms with Gasteiger partial charge < -0.3 is 15.6 Å². The van der Waals surface area contributed by atoms with E-state index >= 15 is 0 Å². The van der Waals surface area contributed by atoms with E-state index in [1.165, 1.54) is 5.56 Å². The van der Waals surface area contributed by atoms with Crippen molar-refractivity contribution in [3.63, 3.8) is 0 Å². The molecule has 0 saturated carbocycles. The second kappa shape index (κ2) is 5.61. The normalized spacial score (nSPS) is 10.7. The van der Waals surface area contributed by atoms with E-state index in [1.807, 2.05) is 23.9 Å². The van der Waals surface area contributed by atoms with Gasteiger partial charge in [-0.2, -0.15) is 0 Å². The molecule has 0 bridgehead atoms. The largest absolute Gasteiger partial charge is 0.340 e. The van der Waals surface area contributed by atoms with Gasteiger partial charge in [0.1, 0.15) is 0 Å². The number of nitrogens with two attached hydrogens (primary N) is 1. The molecule has 17 heavy (non-hydrogen) atoms. The summed E-state index contributed by atoms with van der Waals surface area (Å²) >= 11 is 0. The summed E-state index contributed by atoms with van der Waals surface area (Å²) in [5.74, 6) is 0. The van der Waals surface area contributed by atoms with Crippen LogP contribution in [0.5, 0.6) is 0 Å². The van der Waals surface area contributed by atoms with Gasteiger partial charge in [0, 0.05) is 38.4 Å². The molecule has 0 amide bonds.